The summed E-state index contributed by atoms with van der Waals surface area (Å²) in [6.07, 6.45) is 0. The van der Waals surface area contributed by atoms with E-state index in [1.54, 1.807) is 12.1 Å². The molecule has 0 aliphatic heterocycles. The van der Waals surface area contributed by atoms with Crippen molar-refractivity contribution < 1.29 is 14.0 Å². The second kappa shape index (κ2) is 4.14. The van der Waals surface area contributed by atoms with Gasteiger partial charge in [0.2, 0.25) is 5.91 Å². The van der Waals surface area contributed by atoms with E-state index in [0.29, 0.717) is 11.1 Å². The van der Waals surface area contributed by atoms with Crippen LogP contribution in [0.25, 0.3) is 11.1 Å². The van der Waals surface area contributed by atoms with Crippen molar-refractivity contribution in [3.63, 3.8) is 0 Å². The van der Waals surface area contributed by atoms with E-state index < -0.39 is 17.7 Å². The van der Waals surface area contributed by atoms with Gasteiger partial charge in [0, 0.05) is 5.56 Å². The fourth-order valence-electron chi connectivity index (χ4n) is 1.75. The molecule has 94 valence electrons. The van der Waals surface area contributed by atoms with Crippen molar-refractivity contribution in [2.75, 3.05) is 0 Å². The number of carbonyl (C=O) groups is 2. The molecule has 2 N–H and O–H groups in total. The van der Waals surface area contributed by atoms with Gasteiger partial charge in [-0.2, -0.15) is 0 Å². The Bertz CT molecular complexity index is 696. The SMILES string of the molecule is CC(=O)c1ccc2c(c1)oc(=O)n2C(C)C(N)=O. The van der Waals surface area contributed by atoms with Gasteiger partial charge in [-0.3, -0.25) is 14.2 Å². The number of oxazole rings is 1. The van der Waals surface area contributed by atoms with Crippen molar-refractivity contribution in [3.8, 4) is 0 Å². The van der Waals surface area contributed by atoms with Gasteiger partial charge in [0.25, 0.3) is 0 Å². The fraction of sp³-hybridized carbons (Fsp3) is 0.250. The first kappa shape index (κ1) is 12.1. The number of hydrogen-bond acceptors (Lipinski definition) is 4. The number of rotatable bonds is 3. The molecule has 2 aromatic rings. The van der Waals surface area contributed by atoms with Crippen LogP contribution >= 0.6 is 0 Å². The summed E-state index contributed by atoms with van der Waals surface area (Å²) in [4.78, 5) is 34.0. The van der Waals surface area contributed by atoms with Crippen molar-refractivity contribution in [3.05, 3.63) is 34.3 Å². The smallest absolute Gasteiger partial charge is 0.408 e. The van der Waals surface area contributed by atoms with Crippen LogP contribution in [0.1, 0.15) is 30.2 Å². The molecule has 6 heteroatoms. The second-order valence-electron chi connectivity index (χ2n) is 4.06. The van der Waals surface area contributed by atoms with Crippen molar-refractivity contribution >= 4 is 22.8 Å². The number of Topliss-reactive ketones (excluding diaryl/α,β-unsaturated/α-hetero) is 1. The van der Waals surface area contributed by atoms with E-state index in [0.717, 1.165) is 0 Å². The highest BCUT2D eigenvalue weighted by molar-refractivity contribution is 5.97. The number of fused-ring (bicyclic) bond motifs is 1. The highest BCUT2D eigenvalue weighted by atomic mass is 16.4. The first-order chi connectivity index (χ1) is 8.41. The third-order valence-electron chi connectivity index (χ3n) is 2.82. The zero-order chi connectivity index (χ0) is 13.4. The minimum atomic E-state index is -0.804. The lowest BCUT2D eigenvalue weighted by Crippen LogP contribution is -2.29. The maximum atomic E-state index is 11.7. The Balaban J connectivity index is 2.70. The number of aromatic nitrogens is 1. The minimum absolute atomic E-state index is 0.129. The highest BCUT2D eigenvalue weighted by Gasteiger charge is 2.19. The number of carbonyl (C=O) groups excluding carboxylic acids is 2. The summed E-state index contributed by atoms with van der Waals surface area (Å²) in [5.41, 5.74) is 6.32. The molecule has 0 aliphatic rings. The van der Waals surface area contributed by atoms with Crippen molar-refractivity contribution in [1.82, 2.24) is 4.57 Å². The zero-order valence-corrected chi connectivity index (χ0v) is 9.97. The van der Waals surface area contributed by atoms with Crippen LogP contribution < -0.4 is 11.5 Å². The summed E-state index contributed by atoms with van der Waals surface area (Å²) in [6.45, 7) is 2.93. The van der Waals surface area contributed by atoms with E-state index in [9.17, 15) is 14.4 Å². The molecule has 0 spiro atoms. The average molecular weight is 248 g/mol. The van der Waals surface area contributed by atoms with Crippen LogP contribution in [0.2, 0.25) is 0 Å². The van der Waals surface area contributed by atoms with Crippen LogP contribution in [-0.2, 0) is 4.79 Å². The molecule has 1 unspecified atom stereocenters. The molecule has 1 atom stereocenters. The lowest BCUT2D eigenvalue weighted by molar-refractivity contribution is -0.120. The number of primary amides is 1. The van der Waals surface area contributed by atoms with Crippen LogP contribution in [0.4, 0.5) is 0 Å². The maximum Gasteiger partial charge on any atom is 0.420 e. The van der Waals surface area contributed by atoms with E-state index in [1.165, 1.54) is 24.5 Å². The van der Waals surface area contributed by atoms with Crippen LogP contribution in [0, 0.1) is 0 Å². The van der Waals surface area contributed by atoms with Gasteiger partial charge in [-0.15, -0.1) is 0 Å². The Morgan fingerprint density at radius 2 is 2.06 bits per heavy atom. The Morgan fingerprint density at radius 1 is 1.39 bits per heavy atom. The molecular weight excluding hydrogens is 236 g/mol. The minimum Gasteiger partial charge on any atom is -0.408 e. The maximum absolute atomic E-state index is 11.7. The first-order valence-electron chi connectivity index (χ1n) is 5.37. The van der Waals surface area contributed by atoms with Crippen LogP contribution in [0.5, 0.6) is 0 Å². The predicted molar refractivity (Wildman–Crippen MR) is 64.4 cm³/mol. The summed E-state index contributed by atoms with van der Waals surface area (Å²) in [5.74, 6) is -1.43. The molecule has 0 aliphatic carbocycles. The van der Waals surface area contributed by atoms with Gasteiger partial charge in [-0.1, -0.05) is 0 Å². The van der Waals surface area contributed by atoms with Crippen LogP contribution in [-0.4, -0.2) is 16.3 Å². The van der Waals surface area contributed by atoms with Crippen molar-refractivity contribution in [2.45, 2.75) is 19.9 Å². The number of ketones is 1. The normalized spacial score (nSPS) is 12.6. The van der Waals surface area contributed by atoms with Crippen molar-refractivity contribution in [1.29, 1.82) is 0 Å². The molecule has 1 aromatic carbocycles. The molecule has 2 rings (SSSR count). The summed E-state index contributed by atoms with van der Waals surface area (Å²) < 4.78 is 6.18. The van der Waals surface area contributed by atoms with E-state index in [1.807, 2.05) is 0 Å². The third kappa shape index (κ3) is 1.81. The van der Waals surface area contributed by atoms with E-state index in [4.69, 9.17) is 10.2 Å². The van der Waals surface area contributed by atoms with E-state index >= 15 is 0 Å². The number of amides is 1. The Morgan fingerprint density at radius 3 is 2.61 bits per heavy atom. The quantitative estimate of drug-likeness (QED) is 0.814. The third-order valence-corrected chi connectivity index (χ3v) is 2.82. The molecule has 0 saturated heterocycles. The van der Waals surface area contributed by atoms with Gasteiger partial charge >= 0.3 is 5.76 Å². The largest absolute Gasteiger partial charge is 0.420 e. The Hall–Kier alpha value is -2.37. The molecule has 1 heterocycles. The monoisotopic (exact) mass is 248 g/mol. The van der Waals surface area contributed by atoms with Crippen LogP contribution in [0.3, 0.4) is 0 Å². The van der Waals surface area contributed by atoms with E-state index in [2.05, 4.69) is 0 Å². The molecule has 6 nitrogen and oxygen atoms in total. The Labute approximate surface area is 102 Å². The molecule has 0 saturated carbocycles. The summed E-state index contributed by atoms with van der Waals surface area (Å²) in [6, 6.07) is 3.81. The van der Waals surface area contributed by atoms with Crippen LogP contribution in [0.15, 0.2) is 27.4 Å². The molecule has 0 fully saturated rings. The zero-order valence-electron chi connectivity index (χ0n) is 9.97. The molecular formula is C12H12N2O4. The second-order valence-corrected chi connectivity index (χ2v) is 4.06. The molecule has 0 bridgehead atoms. The molecule has 0 radical (unpaired) electrons. The Kier molecular flexibility index (Phi) is 2.78. The van der Waals surface area contributed by atoms with E-state index in [-0.39, 0.29) is 11.4 Å². The summed E-state index contributed by atoms with van der Waals surface area (Å²) >= 11 is 0. The molecule has 1 amide bonds. The van der Waals surface area contributed by atoms with Gasteiger partial charge in [-0.05, 0) is 32.0 Å². The molecule has 18 heavy (non-hydrogen) atoms. The molecule has 1 aromatic heterocycles. The van der Waals surface area contributed by atoms with Crippen molar-refractivity contribution in [2.24, 2.45) is 5.73 Å². The average Bonchev–Trinajstić information content (AvgIpc) is 2.62. The summed E-state index contributed by atoms with van der Waals surface area (Å²) in [7, 11) is 0. The van der Waals surface area contributed by atoms with Gasteiger partial charge in [-0.25, -0.2) is 4.79 Å². The van der Waals surface area contributed by atoms with Gasteiger partial charge in [0.15, 0.2) is 11.4 Å². The highest BCUT2D eigenvalue weighted by Crippen LogP contribution is 2.18. The number of nitrogens with zero attached hydrogens (tertiary/aromatic N) is 1. The standard InChI is InChI=1S/C12H12N2O4/c1-6(11(13)16)14-9-4-3-8(7(2)15)5-10(9)18-12(14)17/h3-6H,1-2H3,(H2,13,16). The lowest BCUT2D eigenvalue weighted by Gasteiger charge is -2.07. The predicted octanol–water partition coefficient (Wildman–Crippen LogP) is 0.843. The first-order valence-corrected chi connectivity index (χ1v) is 5.37. The van der Waals surface area contributed by atoms with Gasteiger partial charge in [0.05, 0.1) is 5.52 Å². The topological polar surface area (TPSA) is 95.3 Å². The van der Waals surface area contributed by atoms with Gasteiger partial charge < -0.3 is 10.2 Å². The summed E-state index contributed by atoms with van der Waals surface area (Å²) in [5, 5.41) is 0. The fourth-order valence-corrected chi connectivity index (χ4v) is 1.75. The lowest BCUT2D eigenvalue weighted by atomic mass is 10.1. The number of benzene rings is 1. The number of nitrogens with two attached hydrogens (primary N) is 1. The van der Waals surface area contributed by atoms with Gasteiger partial charge in [0.1, 0.15) is 6.04 Å². The number of hydrogen-bond donors (Lipinski definition) is 1.